The van der Waals surface area contributed by atoms with Gasteiger partial charge in [0.15, 0.2) is 5.13 Å². The largest absolute Gasteiger partial charge is 0.326 e. The van der Waals surface area contributed by atoms with Crippen molar-refractivity contribution in [3.8, 4) is 11.3 Å². The molecule has 2 N–H and O–H groups in total. The van der Waals surface area contributed by atoms with Gasteiger partial charge in [0.2, 0.25) is 5.91 Å². The van der Waals surface area contributed by atoms with Crippen molar-refractivity contribution in [2.24, 2.45) is 0 Å². The fourth-order valence-corrected chi connectivity index (χ4v) is 4.41. The van der Waals surface area contributed by atoms with Crippen LogP contribution >= 0.6 is 11.3 Å². The van der Waals surface area contributed by atoms with E-state index in [9.17, 15) is 13.2 Å². The normalized spacial score (nSPS) is 11.2. The second-order valence-corrected chi connectivity index (χ2v) is 8.26. The zero-order valence-corrected chi connectivity index (χ0v) is 15.8. The average molecular weight is 387 g/mol. The summed E-state index contributed by atoms with van der Waals surface area (Å²) < 4.78 is 27.4. The Hall–Kier alpha value is -2.71. The molecule has 0 atom stereocenters. The Balaban J connectivity index is 1.78. The van der Waals surface area contributed by atoms with Gasteiger partial charge in [0.25, 0.3) is 10.0 Å². The SMILES string of the molecule is CC(=O)Nc1ccc(-c2csc(NS(=O)(=O)c3cccc(C)c3)n2)cc1. The molecule has 2 aromatic carbocycles. The minimum Gasteiger partial charge on any atom is -0.326 e. The number of carbonyl (C=O) groups excluding carboxylic acids is 1. The van der Waals surface area contributed by atoms with Crippen LogP contribution in [0.25, 0.3) is 11.3 Å². The number of benzene rings is 2. The van der Waals surface area contributed by atoms with E-state index in [2.05, 4.69) is 15.0 Å². The van der Waals surface area contributed by atoms with Crippen LogP contribution in [-0.2, 0) is 14.8 Å². The Morgan fingerprint density at radius 1 is 1.12 bits per heavy atom. The van der Waals surface area contributed by atoms with Gasteiger partial charge in [-0.1, -0.05) is 24.3 Å². The molecule has 6 nitrogen and oxygen atoms in total. The van der Waals surface area contributed by atoms with Gasteiger partial charge in [-0.15, -0.1) is 11.3 Å². The quantitative estimate of drug-likeness (QED) is 0.695. The van der Waals surface area contributed by atoms with Crippen LogP contribution in [0.4, 0.5) is 10.8 Å². The van der Waals surface area contributed by atoms with Crippen LogP contribution in [0.15, 0.2) is 58.8 Å². The first-order valence-electron chi connectivity index (χ1n) is 7.76. The molecule has 0 fully saturated rings. The highest BCUT2D eigenvalue weighted by Crippen LogP contribution is 2.27. The van der Waals surface area contributed by atoms with E-state index in [1.165, 1.54) is 18.3 Å². The molecule has 0 aliphatic rings. The molecule has 0 spiro atoms. The van der Waals surface area contributed by atoms with Gasteiger partial charge in [-0.25, -0.2) is 13.4 Å². The van der Waals surface area contributed by atoms with Crippen LogP contribution in [-0.4, -0.2) is 19.3 Å². The van der Waals surface area contributed by atoms with E-state index < -0.39 is 10.0 Å². The number of aryl methyl sites for hydroxylation is 1. The number of rotatable bonds is 5. The van der Waals surface area contributed by atoms with Crippen molar-refractivity contribution < 1.29 is 13.2 Å². The number of nitrogens with zero attached hydrogens (tertiary/aromatic N) is 1. The second kappa shape index (κ2) is 7.27. The third-order valence-electron chi connectivity index (χ3n) is 3.53. The van der Waals surface area contributed by atoms with E-state index in [1.807, 2.05) is 25.1 Å². The number of anilines is 2. The minimum atomic E-state index is -3.67. The highest BCUT2D eigenvalue weighted by atomic mass is 32.2. The molecule has 0 saturated carbocycles. The summed E-state index contributed by atoms with van der Waals surface area (Å²) in [4.78, 5) is 15.6. The van der Waals surface area contributed by atoms with Gasteiger partial charge >= 0.3 is 0 Å². The smallest absolute Gasteiger partial charge is 0.263 e. The first-order chi connectivity index (χ1) is 12.3. The molecule has 0 bridgehead atoms. The molecule has 134 valence electrons. The molecule has 8 heteroatoms. The van der Waals surface area contributed by atoms with Crippen molar-refractivity contribution in [3.05, 3.63) is 59.5 Å². The third kappa shape index (κ3) is 4.27. The number of amides is 1. The van der Waals surface area contributed by atoms with E-state index >= 15 is 0 Å². The summed E-state index contributed by atoms with van der Waals surface area (Å²) >= 11 is 1.21. The monoisotopic (exact) mass is 387 g/mol. The Morgan fingerprint density at radius 3 is 2.50 bits per heavy atom. The predicted molar refractivity (Wildman–Crippen MR) is 104 cm³/mol. The van der Waals surface area contributed by atoms with E-state index in [0.717, 1.165) is 11.1 Å². The lowest BCUT2D eigenvalue weighted by atomic mass is 10.1. The maximum absolute atomic E-state index is 12.5. The summed E-state index contributed by atoms with van der Waals surface area (Å²) in [6.45, 7) is 3.28. The van der Waals surface area contributed by atoms with Gasteiger partial charge in [-0.3, -0.25) is 9.52 Å². The molecule has 3 rings (SSSR count). The van der Waals surface area contributed by atoms with Crippen molar-refractivity contribution in [1.29, 1.82) is 0 Å². The molecule has 0 aliphatic carbocycles. The van der Waals surface area contributed by atoms with E-state index in [4.69, 9.17) is 0 Å². The molecule has 0 saturated heterocycles. The van der Waals surface area contributed by atoms with Gasteiger partial charge in [-0.05, 0) is 36.8 Å². The number of hydrogen-bond acceptors (Lipinski definition) is 5. The summed E-state index contributed by atoms with van der Waals surface area (Å²) in [6.07, 6.45) is 0. The number of thiazole rings is 1. The average Bonchev–Trinajstić information content (AvgIpc) is 3.03. The zero-order valence-electron chi connectivity index (χ0n) is 14.2. The Bertz CT molecular complexity index is 1040. The maximum Gasteiger partial charge on any atom is 0.263 e. The predicted octanol–water partition coefficient (Wildman–Crippen LogP) is 3.88. The van der Waals surface area contributed by atoms with Crippen molar-refractivity contribution in [3.63, 3.8) is 0 Å². The highest BCUT2D eigenvalue weighted by molar-refractivity contribution is 7.93. The second-order valence-electron chi connectivity index (χ2n) is 5.72. The first-order valence-corrected chi connectivity index (χ1v) is 10.1. The van der Waals surface area contributed by atoms with Crippen LogP contribution in [0.1, 0.15) is 12.5 Å². The Kier molecular flexibility index (Phi) is 5.06. The van der Waals surface area contributed by atoms with Crippen molar-refractivity contribution >= 4 is 38.1 Å². The maximum atomic E-state index is 12.5. The number of carbonyl (C=O) groups is 1. The van der Waals surface area contributed by atoms with Gasteiger partial charge in [0.05, 0.1) is 10.6 Å². The molecule has 1 heterocycles. The molecular formula is C18H17N3O3S2. The molecule has 0 unspecified atom stereocenters. The first kappa shape index (κ1) is 18.1. The van der Waals surface area contributed by atoms with Crippen LogP contribution in [0.5, 0.6) is 0 Å². The van der Waals surface area contributed by atoms with Gasteiger partial charge in [0.1, 0.15) is 0 Å². The number of nitrogens with one attached hydrogen (secondary N) is 2. The third-order valence-corrected chi connectivity index (χ3v) is 5.75. The molecule has 0 aliphatic heterocycles. The van der Waals surface area contributed by atoms with Gasteiger partial charge in [0, 0.05) is 23.6 Å². The van der Waals surface area contributed by atoms with E-state index in [0.29, 0.717) is 16.5 Å². The summed E-state index contributed by atoms with van der Waals surface area (Å²) in [5.41, 5.74) is 3.05. The van der Waals surface area contributed by atoms with Crippen LogP contribution < -0.4 is 10.0 Å². The summed E-state index contributed by atoms with van der Waals surface area (Å²) in [5, 5.41) is 4.77. The fourth-order valence-electron chi connectivity index (χ4n) is 2.34. The molecule has 1 amide bonds. The highest BCUT2D eigenvalue weighted by Gasteiger charge is 2.16. The van der Waals surface area contributed by atoms with Gasteiger partial charge in [-0.2, -0.15) is 0 Å². The molecule has 26 heavy (non-hydrogen) atoms. The Labute approximate surface area is 156 Å². The molecule has 3 aromatic rings. The summed E-state index contributed by atoms with van der Waals surface area (Å²) in [7, 11) is -3.67. The summed E-state index contributed by atoms with van der Waals surface area (Å²) in [5.74, 6) is -0.140. The van der Waals surface area contributed by atoms with Crippen LogP contribution in [0.3, 0.4) is 0 Å². The van der Waals surface area contributed by atoms with Crippen molar-refractivity contribution in [1.82, 2.24) is 4.98 Å². The standard InChI is InChI=1S/C18H17N3O3S2/c1-12-4-3-5-16(10-12)26(23,24)21-18-20-17(11-25-18)14-6-8-15(9-7-14)19-13(2)22/h3-11H,1-2H3,(H,19,22)(H,20,21). The Morgan fingerprint density at radius 2 is 1.85 bits per heavy atom. The number of sulfonamides is 1. The van der Waals surface area contributed by atoms with E-state index in [-0.39, 0.29) is 10.8 Å². The van der Waals surface area contributed by atoms with Crippen LogP contribution in [0.2, 0.25) is 0 Å². The lowest BCUT2D eigenvalue weighted by Gasteiger charge is -2.06. The molecular weight excluding hydrogens is 370 g/mol. The number of hydrogen-bond donors (Lipinski definition) is 2. The molecule has 1 aromatic heterocycles. The lowest BCUT2D eigenvalue weighted by molar-refractivity contribution is -0.114. The summed E-state index contributed by atoms with van der Waals surface area (Å²) in [6, 6.07) is 13.9. The topological polar surface area (TPSA) is 88.2 Å². The zero-order chi connectivity index (χ0) is 18.7. The minimum absolute atomic E-state index is 0.140. The van der Waals surface area contributed by atoms with Gasteiger partial charge < -0.3 is 5.32 Å². The van der Waals surface area contributed by atoms with Crippen molar-refractivity contribution in [2.45, 2.75) is 18.7 Å². The van der Waals surface area contributed by atoms with Crippen LogP contribution in [0, 0.1) is 6.92 Å². The molecule has 0 radical (unpaired) electrons. The lowest BCUT2D eigenvalue weighted by Crippen LogP contribution is -2.12. The van der Waals surface area contributed by atoms with Crippen molar-refractivity contribution in [2.75, 3.05) is 10.0 Å². The number of aromatic nitrogens is 1. The van der Waals surface area contributed by atoms with E-state index in [1.54, 1.807) is 35.7 Å². The fraction of sp³-hybridized carbons (Fsp3) is 0.111.